The molecule has 0 saturated heterocycles. The van der Waals surface area contributed by atoms with Crippen molar-refractivity contribution in [2.45, 2.75) is 13.0 Å². The Morgan fingerprint density at radius 1 is 1.06 bits per heavy atom. The Balaban J connectivity index is 1.92. The summed E-state index contributed by atoms with van der Waals surface area (Å²) in [7, 11) is 0. The quantitative estimate of drug-likeness (QED) is 0.712. The third kappa shape index (κ3) is 2.14. The second kappa shape index (κ2) is 4.51. The van der Waals surface area contributed by atoms with E-state index in [4.69, 9.17) is 16.3 Å². The van der Waals surface area contributed by atoms with E-state index in [0.29, 0.717) is 0 Å². The van der Waals surface area contributed by atoms with Crippen LogP contribution in [-0.2, 0) is 0 Å². The van der Waals surface area contributed by atoms with Crippen LogP contribution < -0.4 is 4.74 Å². The number of hydrogen-bond acceptors (Lipinski definition) is 1. The van der Waals surface area contributed by atoms with Gasteiger partial charge in [-0.2, -0.15) is 0 Å². The molecule has 0 aromatic heterocycles. The zero-order chi connectivity index (χ0) is 12.5. The van der Waals surface area contributed by atoms with Gasteiger partial charge in [0.25, 0.3) is 0 Å². The maximum Gasteiger partial charge on any atom is 0.142 e. The van der Waals surface area contributed by atoms with E-state index >= 15 is 0 Å². The van der Waals surface area contributed by atoms with Crippen LogP contribution in [0.3, 0.4) is 0 Å². The molecule has 1 aliphatic rings. The van der Waals surface area contributed by atoms with E-state index in [1.165, 1.54) is 5.56 Å². The molecule has 1 heterocycles. The van der Waals surface area contributed by atoms with Crippen LogP contribution in [0, 0.1) is 6.92 Å². The van der Waals surface area contributed by atoms with Gasteiger partial charge in [-0.05, 0) is 36.8 Å². The monoisotopic (exact) mass is 256 g/mol. The number of halogens is 1. The van der Waals surface area contributed by atoms with Crippen LogP contribution in [0.5, 0.6) is 5.75 Å². The third-order valence-corrected chi connectivity index (χ3v) is 3.32. The van der Waals surface area contributed by atoms with E-state index in [9.17, 15) is 0 Å². The first-order valence-corrected chi connectivity index (χ1v) is 6.31. The molecule has 0 radical (unpaired) electrons. The number of benzene rings is 2. The van der Waals surface area contributed by atoms with E-state index in [-0.39, 0.29) is 6.10 Å². The largest absolute Gasteiger partial charge is 0.481 e. The fraction of sp³-hybridized carbons (Fsp3) is 0.125. The second-order valence-corrected chi connectivity index (χ2v) is 4.93. The van der Waals surface area contributed by atoms with Gasteiger partial charge >= 0.3 is 0 Å². The van der Waals surface area contributed by atoms with E-state index in [2.05, 4.69) is 43.3 Å². The van der Waals surface area contributed by atoms with Crippen molar-refractivity contribution in [3.8, 4) is 5.75 Å². The number of aryl methyl sites for hydroxylation is 1. The molecule has 2 heteroatoms. The van der Waals surface area contributed by atoms with E-state index < -0.39 is 0 Å². The fourth-order valence-corrected chi connectivity index (χ4v) is 2.24. The number of fused-ring (bicyclic) bond motifs is 1. The first-order valence-electron chi connectivity index (χ1n) is 5.93. The molecular weight excluding hydrogens is 244 g/mol. The highest BCUT2D eigenvalue weighted by atomic mass is 35.5. The maximum atomic E-state index is 5.97. The Hall–Kier alpha value is -1.73. The summed E-state index contributed by atoms with van der Waals surface area (Å²) in [5.41, 5.74) is 3.45. The number of hydrogen-bond donors (Lipinski definition) is 0. The Labute approximate surface area is 112 Å². The van der Waals surface area contributed by atoms with Crippen LogP contribution in [0.15, 0.2) is 48.5 Å². The fourth-order valence-electron chi connectivity index (χ4n) is 2.06. The lowest BCUT2D eigenvalue weighted by atomic mass is 10.0. The molecule has 1 aliphatic heterocycles. The lowest BCUT2D eigenvalue weighted by Gasteiger charge is -2.22. The molecule has 0 saturated carbocycles. The standard InChI is InChI=1S/C16H13ClO/c1-11-2-4-12(5-3-11)15-8-6-13-10-14(17)7-9-16(13)18-15/h2-10,15H,1H3. The van der Waals surface area contributed by atoms with Gasteiger partial charge in [0.05, 0.1) is 0 Å². The molecule has 0 N–H and O–H groups in total. The van der Waals surface area contributed by atoms with Gasteiger partial charge in [-0.15, -0.1) is 0 Å². The summed E-state index contributed by atoms with van der Waals surface area (Å²) in [5.74, 6) is 0.882. The molecule has 2 aromatic rings. The van der Waals surface area contributed by atoms with Gasteiger partial charge in [0.2, 0.25) is 0 Å². The van der Waals surface area contributed by atoms with Crippen molar-refractivity contribution in [1.82, 2.24) is 0 Å². The van der Waals surface area contributed by atoms with E-state index in [1.807, 2.05) is 18.2 Å². The zero-order valence-corrected chi connectivity index (χ0v) is 10.8. The smallest absolute Gasteiger partial charge is 0.142 e. The lowest BCUT2D eigenvalue weighted by Crippen LogP contribution is -2.08. The summed E-state index contributed by atoms with van der Waals surface area (Å²) in [4.78, 5) is 0. The normalized spacial score (nSPS) is 17.1. The molecule has 0 bridgehead atoms. The molecule has 1 atom stereocenters. The zero-order valence-electron chi connectivity index (χ0n) is 10.1. The molecule has 1 nitrogen and oxygen atoms in total. The molecule has 2 aromatic carbocycles. The minimum absolute atomic E-state index is 0.0146. The highest BCUT2D eigenvalue weighted by molar-refractivity contribution is 6.30. The van der Waals surface area contributed by atoms with Crippen molar-refractivity contribution >= 4 is 17.7 Å². The van der Waals surface area contributed by atoms with Gasteiger partial charge in [0.15, 0.2) is 0 Å². The summed E-state index contributed by atoms with van der Waals surface area (Å²) in [5, 5.41) is 0.732. The minimum atomic E-state index is -0.0146. The van der Waals surface area contributed by atoms with E-state index in [1.54, 1.807) is 0 Å². The van der Waals surface area contributed by atoms with Crippen LogP contribution in [0.4, 0.5) is 0 Å². The Bertz CT molecular complexity index is 599. The Morgan fingerprint density at radius 2 is 1.83 bits per heavy atom. The molecule has 90 valence electrons. The topological polar surface area (TPSA) is 9.23 Å². The van der Waals surface area contributed by atoms with Crippen LogP contribution in [0.25, 0.3) is 6.08 Å². The minimum Gasteiger partial charge on any atom is -0.481 e. The molecule has 0 aliphatic carbocycles. The van der Waals surface area contributed by atoms with Gasteiger partial charge < -0.3 is 4.74 Å². The third-order valence-electron chi connectivity index (χ3n) is 3.08. The van der Waals surface area contributed by atoms with Crippen LogP contribution in [0.1, 0.15) is 22.8 Å². The van der Waals surface area contributed by atoms with Crippen molar-refractivity contribution in [2.24, 2.45) is 0 Å². The van der Waals surface area contributed by atoms with Gasteiger partial charge in [0, 0.05) is 10.6 Å². The van der Waals surface area contributed by atoms with Crippen LogP contribution >= 0.6 is 11.6 Å². The van der Waals surface area contributed by atoms with Gasteiger partial charge in [-0.3, -0.25) is 0 Å². The SMILES string of the molecule is Cc1ccc(C2C=Cc3cc(Cl)ccc3O2)cc1. The highest BCUT2D eigenvalue weighted by Crippen LogP contribution is 2.34. The molecule has 0 amide bonds. The summed E-state index contributed by atoms with van der Waals surface area (Å²) in [6.07, 6.45) is 4.11. The molecule has 1 unspecified atom stereocenters. The average Bonchev–Trinajstić information content (AvgIpc) is 2.39. The molecule has 0 fully saturated rings. The predicted molar refractivity (Wildman–Crippen MR) is 75.0 cm³/mol. The number of ether oxygens (including phenoxy) is 1. The van der Waals surface area contributed by atoms with Gasteiger partial charge in [-0.25, -0.2) is 0 Å². The molecule has 18 heavy (non-hydrogen) atoms. The summed E-state index contributed by atoms with van der Waals surface area (Å²) >= 11 is 5.96. The molecule has 0 spiro atoms. The van der Waals surface area contributed by atoms with Crippen molar-refractivity contribution in [2.75, 3.05) is 0 Å². The summed E-state index contributed by atoms with van der Waals surface area (Å²) in [6, 6.07) is 14.1. The van der Waals surface area contributed by atoms with Crippen molar-refractivity contribution in [3.05, 3.63) is 70.3 Å². The lowest BCUT2D eigenvalue weighted by molar-refractivity contribution is 0.252. The molecular formula is C16H13ClO. The summed E-state index contributed by atoms with van der Waals surface area (Å²) in [6.45, 7) is 2.08. The van der Waals surface area contributed by atoms with Crippen LogP contribution in [-0.4, -0.2) is 0 Å². The Kier molecular flexibility index (Phi) is 2.85. The van der Waals surface area contributed by atoms with E-state index in [0.717, 1.165) is 21.9 Å². The van der Waals surface area contributed by atoms with Crippen molar-refractivity contribution in [3.63, 3.8) is 0 Å². The first-order chi connectivity index (χ1) is 8.72. The first kappa shape index (κ1) is 11.4. The van der Waals surface area contributed by atoms with Gasteiger partial charge in [-0.1, -0.05) is 47.5 Å². The summed E-state index contributed by atoms with van der Waals surface area (Å²) < 4.78 is 5.97. The Morgan fingerprint density at radius 3 is 2.61 bits per heavy atom. The number of rotatable bonds is 1. The van der Waals surface area contributed by atoms with Crippen molar-refractivity contribution < 1.29 is 4.74 Å². The van der Waals surface area contributed by atoms with Crippen LogP contribution in [0.2, 0.25) is 5.02 Å². The maximum absolute atomic E-state index is 5.97. The molecule has 3 rings (SSSR count). The van der Waals surface area contributed by atoms with Gasteiger partial charge in [0.1, 0.15) is 11.9 Å². The average molecular weight is 257 g/mol. The highest BCUT2D eigenvalue weighted by Gasteiger charge is 2.16. The predicted octanol–water partition coefficient (Wildman–Crippen LogP) is 4.80. The second-order valence-electron chi connectivity index (χ2n) is 4.49. The van der Waals surface area contributed by atoms with Crippen molar-refractivity contribution in [1.29, 1.82) is 0 Å².